The number of amides is 1. The van der Waals surface area contributed by atoms with Gasteiger partial charge in [0.05, 0.1) is 9.83 Å². The molecule has 0 saturated carbocycles. The Labute approximate surface area is 135 Å². The third kappa shape index (κ3) is 3.02. The largest absolute Gasteiger partial charge is 0.457 e. The van der Waals surface area contributed by atoms with Crippen molar-refractivity contribution < 1.29 is 14.1 Å². The van der Waals surface area contributed by atoms with Crippen molar-refractivity contribution in [1.29, 1.82) is 5.41 Å². The Bertz CT molecular complexity index is 869. The molecular weight excluding hydrogens is 318 g/mol. The van der Waals surface area contributed by atoms with Crippen LogP contribution in [0.3, 0.4) is 0 Å². The van der Waals surface area contributed by atoms with Crippen molar-refractivity contribution in [3.8, 4) is 11.3 Å². The minimum Gasteiger partial charge on any atom is -0.457 e. The first-order chi connectivity index (χ1) is 10.9. The Hall–Kier alpha value is -2.87. The summed E-state index contributed by atoms with van der Waals surface area (Å²) in [6.45, 7) is 1.77. The zero-order chi connectivity index (χ0) is 16.6. The Morgan fingerprint density at radius 2 is 2.13 bits per heavy atom. The third-order valence-electron chi connectivity index (χ3n) is 3.25. The summed E-state index contributed by atoms with van der Waals surface area (Å²) in [7, 11) is 0. The maximum absolute atomic E-state index is 11.6. The summed E-state index contributed by atoms with van der Waals surface area (Å²) in [6.07, 6.45) is 1.56. The van der Waals surface area contributed by atoms with E-state index in [2.05, 4.69) is 5.32 Å². The monoisotopic (exact) mass is 329 g/mol. The molecule has 1 aliphatic rings. The number of rotatable bonds is 3. The number of furan rings is 1. The van der Waals surface area contributed by atoms with Crippen LogP contribution in [0.2, 0.25) is 0 Å². The molecule has 2 heterocycles. The molecule has 116 valence electrons. The lowest BCUT2D eigenvalue weighted by Gasteiger charge is -2.02. The molecule has 2 aromatic rings. The minimum atomic E-state index is -0.445. The Morgan fingerprint density at radius 3 is 2.74 bits per heavy atom. The Kier molecular flexibility index (Phi) is 3.75. The molecule has 0 unspecified atom stereocenters. The van der Waals surface area contributed by atoms with Gasteiger partial charge in [-0.05, 0) is 42.4 Å². The number of benzene rings is 1. The van der Waals surface area contributed by atoms with E-state index in [1.807, 2.05) is 0 Å². The van der Waals surface area contributed by atoms with Gasteiger partial charge < -0.3 is 9.73 Å². The number of carbonyl (C=O) groups is 1. The summed E-state index contributed by atoms with van der Waals surface area (Å²) in [5, 5.41) is 20.6. The van der Waals surface area contributed by atoms with Gasteiger partial charge in [0.2, 0.25) is 0 Å². The number of nitrogens with one attached hydrogen (secondary N) is 2. The van der Waals surface area contributed by atoms with Crippen molar-refractivity contribution >= 4 is 34.6 Å². The number of nitrogens with zero attached hydrogens (tertiary/aromatic N) is 1. The van der Waals surface area contributed by atoms with E-state index in [1.165, 1.54) is 12.1 Å². The van der Waals surface area contributed by atoms with Crippen molar-refractivity contribution in [3.05, 3.63) is 56.7 Å². The predicted octanol–water partition coefficient (Wildman–Crippen LogP) is 3.30. The van der Waals surface area contributed by atoms with Gasteiger partial charge in [0.15, 0.2) is 5.17 Å². The van der Waals surface area contributed by atoms with Gasteiger partial charge in [0.25, 0.3) is 11.6 Å². The summed E-state index contributed by atoms with van der Waals surface area (Å²) < 4.78 is 5.69. The van der Waals surface area contributed by atoms with Gasteiger partial charge in [-0.15, -0.1) is 0 Å². The number of aryl methyl sites for hydroxylation is 1. The molecule has 7 nitrogen and oxygen atoms in total. The zero-order valence-electron chi connectivity index (χ0n) is 12.0. The highest BCUT2D eigenvalue weighted by Crippen LogP contribution is 2.31. The predicted molar refractivity (Wildman–Crippen MR) is 87.0 cm³/mol. The lowest BCUT2D eigenvalue weighted by Crippen LogP contribution is -2.18. The standard InChI is InChI=1S/C15H11N3O4S/c1-8-6-9(18(20)21)2-4-11(8)12-5-3-10(22-12)7-13-14(19)17-15(16)23-13/h2-7H,1H3,(H2,16,17,19)/b13-7-. The third-order valence-corrected chi connectivity index (χ3v) is 4.08. The second-order valence-corrected chi connectivity index (χ2v) is 5.90. The van der Waals surface area contributed by atoms with Gasteiger partial charge in [-0.25, -0.2) is 0 Å². The molecule has 1 aromatic carbocycles. The molecule has 0 spiro atoms. The number of hydrogen-bond donors (Lipinski definition) is 2. The molecule has 0 atom stereocenters. The molecule has 2 N–H and O–H groups in total. The quantitative estimate of drug-likeness (QED) is 0.510. The number of hydrogen-bond acceptors (Lipinski definition) is 6. The van der Waals surface area contributed by atoms with E-state index in [1.54, 1.807) is 31.2 Å². The van der Waals surface area contributed by atoms with Crippen molar-refractivity contribution in [2.24, 2.45) is 0 Å². The van der Waals surface area contributed by atoms with Crippen molar-refractivity contribution in [1.82, 2.24) is 5.32 Å². The van der Waals surface area contributed by atoms with E-state index in [0.717, 1.165) is 22.9 Å². The minimum absolute atomic E-state index is 0.0256. The summed E-state index contributed by atoms with van der Waals surface area (Å²) in [4.78, 5) is 22.3. The number of carbonyl (C=O) groups excluding carboxylic acids is 1. The second-order valence-electron chi connectivity index (χ2n) is 4.85. The smallest absolute Gasteiger partial charge is 0.269 e. The summed E-state index contributed by atoms with van der Waals surface area (Å²) >= 11 is 1.03. The first kappa shape index (κ1) is 15.0. The van der Waals surface area contributed by atoms with E-state index in [4.69, 9.17) is 9.83 Å². The number of nitro groups is 1. The van der Waals surface area contributed by atoms with Crippen LogP contribution in [-0.2, 0) is 4.79 Å². The first-order valence-electron chi connectivity index (χ1n) is 6.59. The number of non-ortho nitro benzene ring substituents is 1. The average molecular weight is 329 g/mol. The molecule has 1 aromatic heterocycles. The molecule has 0 bridgehead atoms. The van der Waals surface area contributed by atoms with Crippen LogP contribution < -0.4 is 5.32 Å². The van der Waals surface area contributed by atoms with Gasteiger partial charge in [-0.3, -0.25) is 20.3 Å². The zero-order valence-corrected chi connectivity index (χ0v) is 12.8. The normalized spacial score (nSPS) is 16.0. The van der Waals surface area contributed by atoms with Gasteiger partial charge >= 0.3 is 0 Å². The van der Waals surface area contributed by atoms with Crippen LogP contribution in [0.1, 0.15) is 11.3 Å². The molecule has 1 amide bonds. The van der Waals surface area contributed by atoms with E-state index >= 15 is 0 Å². The molecule has 1 fully saturated rings. The van der Waals surface area contributed by atoms with Crippen molar-refractivity contribution in [3.63, 3.8) is 0 Å². The molecular formula is C15H11N3O4S. The van der Waals surface area contributed by atoms with E-state index in [9.17, 15) is 14.9 Å². The topological polar surface area (TPSA) is 109 Å². The molecule has 1 saturated heterocycles. The Balaban J connectivity index is 1.91. The van der Waals surface area contributed by atoms with Crippen molar-refractivity contribution in [2.45, 2.75) is 6.92 Å². The molecule has 0 radical (unpaired) electrons. The van der Waals surface area contributed by atoms with Gasteiger partial charge in [0, 0.05) is 23.8 Å². The van der Waals surface area contributed by atoms with Crippen LogP contribution in [0.15, 0.2) is 39.7 Å². The Morgan fingerprint density at radius 1 is 1.35 bits per heavy atom. The summed E-state index contributed by atoms with van der Waals surface area (Å²) in [5.41, 5.74) is 1.50. The fourth-order valence-electron chi connectivity index (χ4n) is 2.18. The number of thioether (sulfide) groups is 1. The highest BCUT2D eigenvalue weighted by molar-refractivity contribution is 8.18. The maximum atomic E-state index is 11.6. The van der Waals surface area contributed by atoms with Crippen LogP contribution in [0.4, 0.5) is 5.69 Å². The van der Waals surface area contributed by atoms with Crippen LogP contribution in [0, 0.1) is 22.4 Å². The molecule has 23 heavy (non-hydrogen) atoms. The van der Waals surface area contributed by atoms with E-state index in [0.29, 0.717) is 16.4 Å². The average Bonchev–Trinajstić information content (AvgIpc) is 3.06. The summed E-state index contributed by atoms with van der Waals surface area (Å²) in [6, 6.07) is 7.99. The highest BCUT2D eigenvalue weighted by atomic mass is 32.2. The molecule has 3 rings (SSSR count). The van der Waals surface area contributed by atoms with E-state index < -0.39 is 4.92 Å². The molecule has 0 aliphatic carbocycles. The lowest BCUT2D eigenvalue weighted by molar-refractivity contribution is -0.384. The van der Waals surface area contributed by atoms with Crippen LogP contribution in [0.25, 0.3) is 17.4 Å². The van der Waals surface area contributed by atoms with Crippen molar-refractivity contribution in [2.75, 3.05) is 0 Å². The van der Waals surface area contributed by atoms with Crippen LogP contribution >= 0.6 is 11.8 Å². The van der Waals surface area contributed by atoms with Gasteiger partial charge in [-0.2, -0.15) is 0 Å². The molecule has 1 aliphatic heterocycles. The van der Waals surface area contributed by atoms with Gasteiger partial charge in [-0.1, -0.05) is 0 Å². The van der Waals surface area contributed by atoms with Crippen LogP contribution in [0.5, 0.6) is 0 Å². The highest BCUT2D eigenvalue weighted by Gasteiger charge is 2.22. The van der Waals surface area contributed by atoms with Gasteiger partial charge in [0.1, 0.15) is 11.5 Å². The maximum Gasteiger partial charge on any atom is 0.269 e. The van der Waals surface area contributed by atoms with E-state index in [-0.39, 0.29) is 16.8 Å². The molecule has 8 heteroatoms. The SMILES string of the molecule is Cc1cc([N+](=O)[O-])ccc1-c1ccc(/C=C2\SC(=N)NC2=O)o1. The fraction of sp³-hybridized carbons (Fsp3) is 0.0667. The van der Waals surface area contributed by atoms with Crippen LogP contribution in [-0.4, -0.2) is 16.0 Å². The second kappa shape index (κ2) is 5.73. The number of nitro benzene ring substituents is 1. The summed E-state index contributed by atoms with van der Waals surface area (Å²) in [5.74, 6) is 0.706. The first-order valence-corrected chi connectivity index (χ1v) is 7.40. The lowest BCUT2D eigenvalue weighted by atomic mass is 10.1. The fourth-order valence-corrected chi connectivity index (χ4v) is 2.87. The number of amidine groups is 1.